The molecule has 1 aliphatic heterocycles. The summed E-state index contributed by atoms with van der Waals surface area (Å²) >= 11 is 1.26. The van der Waals surface area contributed by atoms with Gasteiger partial charge in [0.1, 0.15) is 0 Å². The van der Waals surface area contributed by atoms with Crippen LogP contribution in [0.1, 0.15) is 5.56 Å². The lowest BCUT2D eigenvalue weighted by Gasteiger charge is -2.24. The summed E-state index contributed by atoms with van der Waals surface area (Å²) in [6, 6.07) is 13.4. The number of rotatable bonds is 4. The topological polar surface area (TPSA) is 70.3 Å². The van der Waals surface area contributed by atoms with E-state index in [0.29, 0.717) is 24.3 Å². The largest absolute Gasteiger partial charge is 0.411 e. The van der Waals surface area contributed by atoms with Crippen molar-refractivity contribution in [2.45, 2.75) is 10.3 Å². The highest BCUT2D eigenvalue weighted by Crippen LogP contribution is 2.45. The lowest BCUT2D eigenvalue weighted by Crippen LogP contribution is -2.22. The van der Waals surface area contributed by atoms with E-state index >= 15 is 0 Å². The lowest BCUT2D eigenvalue weighted by molar-refractivity contribution is -0.0822. The van der Waals surface area contributed by atoms with Crippen molar-refractivity contribution < 1.29 is 13.9 Å². The van der Waals surface area contributed by atoms with Crippen LogP contribution in [0.5, 0.6) is 0 Å². The zero-order chi connectivity index (χ0) is 15.5. The van der Waals surface area contributed by atoms with Crippen molar-refractivity contribution in [1.82, 2.24) is 15.2 Å². The molecule has 23 heavy (non-hydrogen) atoms. The van der Waals surface area contributed by atoms with Crippen LogP contribution in [0.2, 0.25) is 0 Å². The maximum atomic E-state index is 5.85. The molecule has 7 heteroatoms. The van der Waals surface area contributed by atoms with Gasteiger partial charge in [-0.25, -0.2) is 0 Å². The quantitative estimate of drug-likeness (QED) is 0.729. The van der Waals surface area contributed by atoms with E-state index in [1.165, 1.54) is 11.8 Å². The molecule has 4 rings (SSSR count). The first kappa shape index (κ1) is 14.4. The number of pyridine rings is 1. The SMILES string of the molecule is c1ccc(C2(Sc3nnc(-c4cccnc4)o3)OCCO2)cc1. The third-order valence-corrected chi connectivity index (χ3v) is 4.41. The molecule has 0 bridgehead atoms. The molecular weight excluding hydrogens is 314 g/mol. The van der Waals surface area contributed by atoms with Crippen molar-refractivity contribution in [3.8, 4) is 11.5 Å². The molecular formula is C16H13N3O3S. The third-order valence-electron chi connectivity index (χ3n) is 3.33. The first-order valence-corrected chi connectivity index (χ1v) is 7.94. The molecule has 6 nitrogen and oxygen atoms in total. The predicted molar refractivity (Wildman–Crippen MR) is 83.4 cm³/mol. The van der Waals surface area contributed by atoms with Gasteiger partial charge in [0.05, 0.1) is 18.8 Å². The van der Waals surface area contributed by atoms with Gasteiger partial charge in [-0.2, -0.15) is 0 Å². The molecule has 0 spiro atoms. The zero-order valence-corrected chi connectivity index (χ0v) is 12.9. The van der Waals surface area contributed by atoms with Crippen LogP contribution in [0.15, 0.2) is 64.5 Å². The minimum Gasteiger partial charge on any atom is -0.411 e. The summed E-state index contributed by atoms with van der Waals surface area (Å²) in [5.74, 6) is 0.418. The monoisotopic (exact) mass is 327 g/mol. The van der Waals surface area contributed by atoms with Crippen LogP contribution in [-0.2, 0) is 14.6 Å². The minimum absolute atomic E-state index is 0.384. The molecule has 1 saturated heterocycles. The molecule has 3 aromatic rings. The smallest absolute Gasteiger partial charge is 0.282 e. The Morgan fingerprint density at radius 2 is 1.78 bits per heavy atom. The number of hydrogen-bond donors (Lipinski definition) is 0. The second kappa shape index (κ2) is 6.11. The van der Waals surface area contributed by atoms with Gasteiger partial charge < -0.3 is 13.9 Å². The van der Waals surface area contributed by atoms with E-state index < -0.39 is 5.12 Å². The van der Waals surface area contributed by atoms with Crippen LogP contribution >= 0.6 is 11.8 Å². The van der Waals surface area contributed by atoms with E-state index in [0.717, 1.165) is 11.1 Å². The molecule has 0 radical (unpaired) electrons. The molecule has 0 aliphatic carbocycles. The highest BCUT2D eigenvalue weighted by atomic mass is 32.2. The fraction of sp³-hybridized carbons (Fsp3) is 0.188. The number of benzene rings is 1. The van der Waals surface area contributed by atoms with E-state index in [1.54, 1.807) is 12.4 Å². The van der Waals surface area contributed by atoms with Crippen molar-refractivity contribution in [1.29, 1.82) is 0 Å². The van der Waals surface area contributed by atoms with Crippen molar-refractivity contribution in [2.24, 2.45) is 0 Å². The average Bonchev–Trinajstić information content (AvgIpc) is 3.27. The summed E-state index contributed by atoms with van der Waals surface area (Å²) in [7, 11) is 0. The number of ether oxygens (including phenoxy) is 2. The maximum absolute atomic E-state index is 5.85. The minimum atomic E-state index is -0.944. The molecule has 116 valence electrons. The summed E-state index contributed by atoms with van der Waals surface area (Å²) in [5.41, 5.74) is 1.68. The molecule has 1 aliphatic rings. The molecule has 0 saturated carbocycles. The second-order valence-corrected chi connectivity index (χ2v) is 5.93. The number of hydrogen-bond acceptors (Lipinski definition) is 7. The maximum Gasteiger partial charge on any atom is 0.282 e. The van der Waals surface area contributed by atoms with Gasteiger partial charge in [0.25, 0.3) is 10.3 Å². The normalized spacial score (nSPS) is 16.5. The Morgan fingerprint density at radius 1 is 0.957 bits per heavy atom. The van der Waals surface area contributed by atoms with Gasteiger partial charge in [-0.3, -0.25) is 4.98 Å². The van der Waals surface area contributed by atoms with Gasteiger partial charge >= 0.3 is 0 Å². The Kier molecular flexibility index (Phi) is 3.82. The van der Waals surface area contributed by atoms with Crippen molar-refractivity contribution in [3.63, 3.8) is 0 Å². The molecule has 2 aromatic heterocycles. The van der Waals surface area contributed by atoms with Gasteiger partial charge in [-0.1, -0.05) is 30.3 Å². The summed E-state index contributed by atoms with van der Waals surface area (Å²) in [6.07, 6.45) is 3.37. The standard InChI is InChI=1S/C16H13N3O3S/c1-2-6-13(7-3-1)16(20-9-10-21-16)23-15-19-18-14(22-15)12-5-4-8-17-11-12/h1-8,11H,9-10H2. The Bertz CT molecular complexity index is 774. The third kappa shape index (κ3) is 2.86. The highest BCUT2D eigenvalue weighted by molar-refractivity contribution is 7.99. The van der Waals surface area contributed by atoms with Crippen LogP contribution in [-0.4, -0.2) is 28.4 Å². The Labute approximate surface area is 136 Å². The summed E-state index contributed by atoms with van der Waals surface area (Å²) < 4.78 is 17.4. The number of thioether (sulfide) groups is 1. The number of nitrogens with zero attached hydrogens (tertiary/aromatic N) is 3. The molecule has 0 amide bonds. The van der Waals surface area contributed by atoms with Crippen LogP contribution in [0.3, 0.4) is 0 Å². The summed E-state index contributed by atoms with van der Waals surface area (Å²) in [6.45, 7) is 1.04. The Balaban J connectivity index is 1.62. The fourth-order valence-electron chi connectivity index (χ4n) is 2.29. The van der Waals surface area contributed by atoms with E-state index in [2.05, 4.69) is 15.2 Å². The predicted octanol–water partition coefficient (Wildman–Crippen LogP) is 3.08. The average molecular weight is 327 g/mol. The van der Waals surface area contributed by atoms with Gasteiger partial charge in [0.2, 0.25) is 5.89 Å². The van der Waals surface area contributed by atoms with Gasteiger partial charge in [-0.15, -0.1) is 10.2 Å². The molecule has 0 unspecified atom stereocenters. The summed E-state index contributed by atoms with van der Waals surface area (Å²) in [5, 5.41) is 7.59. The molecule has 0 N–H and O–H groups in total. The molecule has 0 atom stereocenters. The van der Waals surface area contributed by atoms with E-state index in [9.17, 15) is 0 Å². The second-order valence-electron chi connectivity index (χ2n) is 4.84. The summed E-state index contributed by atoms with van der Waals surface area (Å²) in [4.78, 5) is 4.05. The van der Waals surface area contributed by atoms with E-state index in [-0.39, 0.29) is 0 Å². The first-order valence-electron chi connectivity index (χ1n) is 7.12. The molecule has 3 heterocycles. The fourth-order valence-corrected chi connectivity index (χ4v) is 3.26. The molecule has 1 fully saturated rings. The zero-order valence-electron chi connectivity index (χ0n) is 12.1. The van der Waals surface area contributed by atoms with Crippen LogP contribution in [0.4, 0.5) is 0 Å². The first-order chi connectivity index (χ1) is 11.4. The van der Waals surface area contributed by atoms with Crippen LogP contribution in [0, 0.1) is 0 Å². The van der Waals surface area contributed by atoms with Crippen LogP contribution in [0.25, 0.3) is 11.5 Å². The van der Waals surface area contributed by atoms with Crippen molar-refractivity contribution in [2.75, 3.05) is 13.2 Å². The Morgan fingerprint density at radius 3 is 2.52 bits per heavy atom. The van der Waals surface area contributed by atoms with E-state index in [4.69, 9.17) is 13.9 Å². The Hall–Kier alpha value is -2.22. The van der Waals surface area contributed by atoms with Crippen molar-refractivity contribution in [3.05, 3.63) is 60.4 Å². The number of aromatic nitrogens is 3. The highest BCUT2D eigenvalue weighted by Gasteiger charge is 2.42. The lowest BCUT2D eigenvalue weighted by atomic mass is 10.2. The van der Waals surface area contributed by atoms with Crippen molar-refractivity contribution >= 4 is 11.8 Å². The van der Waals surface area contributed by atoms with E-state index in [1.807, 2.05) is 42.5 Å². The molecule has 1 aromatic carbocycles. The van der Waals surface area contributed by atoms with Crippen LogP contribution < -0.4 is 0 Å². The van der Waals surface area contributed by atoms with Gasteiger partial charge in [0, 0.05) is 29.7 Å². The van der Waals surface area contributed by atoms with Gasteiger partial charge in [0.15, 0.2) is 0 Å². The van der Waals surface area contributed by atoms with Gasteiger partial charge in [-0.05, 0) is 12.1 Å².